The summed E-state index contributed by atoms with van der Waals surface area (Å²) in [5.74, 6) is -0.0758. The van der Waals surface area contributed by atoms with Gasteiger partial charge in [-0.3, -0.25) is 4.79 Å². The van der Waals surface area contributed by atoms with E-state index in [1.165, 1.54) is 10.5 Å². The smallest absolute Gasteiger partial charge is 0.279 e. The van der Waals surface area contributed by atoms with Crippen LogP contribution in [0, 0.1) is 0 Å². The van der Waals surface area contributed by atoms with E-state index in [0.717, 1.165) is 11.4 Å². The van der Waals surface area contributed by atoms with Crippen LogP contribution in [0.5, 0.6) is 0 Å². The molecular weight excluding hydrogens is 318 g/mol. The Balaban J connectivity index is 1.87. The fraction of sp³-hybridized carbons (Fsp3) is 0.250. The van der Waals surface area contributed by atoms with Crippen LogP contribution in [0.15, 0.2) is 47.5 Å². The van der Waals surface area contributed by atoms with Crippen molar-refractivity contribution in [2.45, 2.75) is 11.4 Å². The molecular formula is C16H19ClN3OS+. The second-order valence-corrected chi connectivity index (χ2v) is 6.29. The van der Waals surface area contributed by atoms with Crippen LogP contribution >= 0.6 is 23.4 Å². The van der Waals surface area contributed by atoms with Gasteiger partial charge in [-0.05, 0) is 30.5 Å². The Morgan fingerprint density at radius 1 is 1.32 bits per heavy atom. The van der Waals surface area contributed by atoms with Gasteiger partial charge in [0, 0.05) is 16.7 Å². The topological polar surface area (TPSA) is 46.4 Å². The van der Waals surface area contributed by atoms with Crippen molar-refractivity contribution in [3.05, 3.63) is 53.3 Å². The third-order valence-corrected chi connectivity index (χ3v) is 4.21. The molecule has 6 heteroatoms. The second kappa shape index (κ2) is 8.17. The average Bonchev–Trinajstić information content (AvgIpc) is 2.50. The van der Waals surface area contributed by atoms with E-state index in [9.17, 15) is 4.79 Å². The molecule has 1 heterocycles. The molecule has 1 amide bonds. The molecule has 1 aromatic carbocycles. The molecule has 0 saturated carbocycles. The van der Waals surface area contributed by atoms with Gasteiger partial charge in [0.15, 0.2) is 11.7 Å². The highest BCUT2D eigenvalue weighted by Crippen LogP contribution is 2.17. The molecule has 2 aromatic rings. The Kier molecular flexibility index (Phi) is 6.24. The number of anilines is 1. The number of carbonyl (C=O) groups is 1. The molecule has 2 N–H and O–H groups in total. The van der Waals surface area contributed by atoms with Crippen LogP contribution in [0.25, 0.3) is 0 Å². The van der Waals surface area contributed by atoms with Crippen molar-refractivity contribution in [1.82, 2.24) is 4.98 Å². The summed E-state index contributed by atoms with van der Waals surface area (Å²) in [4.78, 5) is 18.3. The number of benzene rings is 1. The first-order valence-corrected chi connectivity index (χ1v) is 8.53. The fourth-order valence-corrected chi connectivity index (χ4v) is 2.68. The summed E-state index contributed by atoms with van der Waals surface area (Å²) in [6.45, 7) is 1.17. The van der Waals surface area contributed by atoms with Crippen molar-refractivity contribution in [1.29, 1.82) is 0 Å². The number of aromatic nitrogens is 1. The first kappa shape index (κ1) is 16.8. The van der Waals surface area contributed by atoms with Gasteiger partial charge in [0.25, 0.3) is 5.91 Å². The number of hydrogen-bond donors (Lipinski definition) is 2. The summed E-state index contributed by atoms with van der Waals surface area (Å²) in [6.07, 6.45) is 3.65. The van der Waals surface area contributed by atoms with Gasteiger partial charge in [0.05, 0.1) is 12.7 Å². The number of likely N-dealkylation sites (N-methyl/N-ethyl adjacent to an activating group) is 1. The number of nitrogens with zero attached hydrogens (tertiary/aromatic N) is 1. The molecule has 1 aromatic heterocycles. The van der Waals surface area contributed by atoms with Gasteiger partial charge in [-0.1, -0.05) is 23.7 Å². The van der Waals surface area contributed by atoms with Gasteiger partial charge in [0.2, 0.25) is 0 Å². The lowest BCUT2D eigenvalue weighted by Gasteiger charge is -2.14. The fourth-order valence-electron chi connectivity index (χ4n) is 2.10. The molecule has 1 unspecified atom stereocenters. The highest BCUT2D eigenvalue weighted by atomic mass is 35.5. The molecule has 2 rings (SSSR count). The largest absolute Gasteiger partial charge is 0.326 e. The van der Waals surface area contributed by atoms with Crippen LogP contribution < -0.4 is 10.2 Å². The maximum absolute atomic E-state index is 12.0. The van der Waals surface area contributed by atoms with Crippen LogP contribution in [0.1, 0.15) is 5.56 Å². The number of hydrogen-bond acceptors (Lipinski definition) is 3. The van der Waals surface area contributed by atoms with E-state index in [2.05, 4.69) is 40.8 Å². The molecule has 4 nitrogen and oxygen atoms in total. The molecule has 0 aliphatic carbocycles. The Morgan fingerprint density at radius 2 is 2.05 bits per heavy atom. The predicted molar refractivity (Wildman–Crippen MR) is 91.6 cm³/mol. The quantitative estimate of drug-likeness (QED) is 0.627. The molecule has 0 fully saturated rings. The molecule has 116 valence electrons. The van der Waals surface area contributed by atoms with Crippen LogP contribution in [-0.2, 0) is 11.3 Å². The zero-order valence-corrected chi connectivity index (χ0v) is 14.2. The van der Waals surface area contributed by atoms with E-state index in [-0.39, 0.29) is 5.91 Å². The van der Waals surface area contributed by atoms with E-state index >= 15 is 0 Å². The molecule has 0 radical (unpaired) electrons. The SMILES string of the molecule is CSc1ccc(C[NH+](C)CC(=O)Nc2cccnc2Cl)cc1. The monoisotopic (exact) mass is 336 g/mol. The number of halogens is 1. The number of nitrogens with one attached hydrogen (secondary N) is 2. The maximum atomic E-state index is 12.0. The summed E-state index contributed by atoms with van der Waals surface area (Å²) in [5.41, 5.74) is 1.76. The zero-order valence-electron chi connectivity index (χ0n) is 12.6. The highest BCUT2D eigenvalue weighted by Gasteiger charge is 2.12. The lowest BCUT2D eigenvalue weighted by Crippen LogP contribution is -3.08. The molecule has 0 bridgehead atoms. The third-order valence-electron chi connectivity index (χ3n) is 3.16. The molecule has 0 aliphatic rings. The minimum atomic E-state index is -0.0758. The zero-order chi connectivity index (χ0) is 15.9. The number of amides is 1. The number of thioether (sulfide) groups is 1. The predicted octanol–water partition coefficient (Wildman–Crippen LogP) is 2.11. The van der Waals surface area contributed by atoms with Crippen molar-refractivity contribution < 1.29 is 9.69 Å². The number of pyridine rings is 1. The van der Waals surface area contributed by atoms with Crippen molar-refractivity contribution in [2.24, 2.45) is 0 Å². The van der Waals surface area contributed by atoms with Gasteiger partial charge >= 0.3 is 0 Å². The third kappa shape index (κ3) is 5.02. The van der Waals surface area contributed by atoms with Crippen molar-refractivity contribution in [3.8, 4) is 0 Å². The normalized spacial score (nSPS) is 12.0. The van der Waals surface area contributed by atoms with Gasteiger partial charge in [-0.25, -0.2) is 4.98 Å². The van der Waals surface area contributed by atoms with Gasteiger partial charge < -0.3 is 10.2 Å². The Morgan fingerprint density at radius 3 is 2.68 bits per heavy atom. The average molecular weight is 337 g/mol. The summed E-state index contributed by atoms with van der Waals surface area (Å²) in [6, 6.07) is 11.9. The van der Waals surface area contributed by atoms with E-state index in [4.69, 9.17) is 11.6 Å². The number of rotatable bonds is 6. The molecule has 0 saturated heterocycles. The highest BCUT2D eigenvalue weighted by molar-refractivity contribution is 7.98. The van der Waals surface area contributed by atoms with E-state index in [1.54, 1.807) is 30.1 Å². The molecule has 22 heavy (non-hydrogen) atoms. The van der Waals surface area contributed by atoms with E-state index in [1.807, 2.05) is 7.05 Å². The van der Waals surface area contributed by atoms with Gasteiger partial charge in [-0.15, -0.1) is 11.8 Å². The van der Waals surface area contributed by atoms with Gasteiger partial charge in [0.1, 0.15) is 6.54 Å². The lowest BCUT2D eigenvalue weighted by molar-refractivity contribution is -0.885. The number of quaternary nitrogens is 1. The van der Waals surface area contributed by atoms with Crippen LogP contribution in [-0.4, -0.2) is 30.7 Å². The minimum absolute atomic E-state index is 0.0758. The van der Waals surface area contributed by atoms with Crippen LogP contribution in [0.2, 0.25) is 5.15 Å². The second-order valence-electron chi connectivity index (χ2n) is 5.05. The van der Waals surface area contributed by atoms with Gasteiger partial charge in [-0.2, -0.15) is 0 Å². The summed E-state index contributed by atoms with van der Waals surface area (Å²) < 4.78 is 0. The van der Waals surface area contributed by atoms with Crippen molar-refractivity contribution >= 4 is 35.0 Å². The summed E-state index contributed by atoms with van der Waals surface area (Å²) in [5, 5.41) is 3.09. The number of carbonyl (C=O) groups excluding carboxylic acids is 1. The first-order valence-electron chi connectivity index (χ1n) is 6.93. The maximum Gasteiger partial charge on any atom is 0.279 e. The van der Waals surface area contributed by atoms with Crippen LogP contribution in [0.3, 0.4) is 0 Å². The Bertz CT molecular complexity index is 634. The molecule has 0 aliphatic heterocycles. The minimum Gasteiger partial charge on any atom is -0.326 e. The summed E-state index contributed by atoms with van der Waals surface area (Å²) >= 11 is 7.65. The summed E-state index contributed by atoms with van der Waals surface area (Å²) in [7, 11) is 1.99. The van der Waals surface area contributed by atoms with Crippen molar-refractivity contribution in [2.75, 3.05) is 25.2 Å². The van der Waals surface area contributed by atoms with Crippen molar-refractivity contribution in [3.63, 3.8) is 0 Å². The van der Waals surface area contributed by atoms with E-state index in [0.29, 0.717) is 17.4 Å². The Hall–Kier alpha value is -1.56. The van der Waals surface area contributed by atoms with E-state index < -0.39 is 0 Å². The molecule has 1 atom stereocenters. The lowest BCUT2D eigenvalue weighted by atomic mass is 10.2. The molecule has 0 spiro atoms. The standard InChI is InChI=1S/C16H18ClN3OS/c1-20(10-12-5-7-13(22-2)8-6-12)11-15(21)19-14-4-3-9-18-16(14)17/h3-9H,10-11H2,1-2H3,(H,19,21)/p+1. The Labute approximate surface area is 139 Å². The first-order chi connectivity index (χ1) is 10.6. The van der Waals surface area contributed by atoms with Crippen LogP contribution in [0.4, 0.5) is 5.69 Å².